The number of aryl methyl sites for hydroxylation is 1. The van der Waals surface area contributed by atoms with Gasteiger partial charge in [-0.1, -0.05) is 112 Å². The van der Waals surface area contributed by atoms with Gasteiger partial charge in [0.05, 0.1) is 48.6 Å². The van der Waals surface area contributed by atoms with Crippen molar-refractivity contribution < 1.29 is 71.7 Å². The van der Waals surface area contributed by atoms with Gasteiger partial charge in [0.15, 0.2) is 29.5 Å². The monoisotopic (exact) mass is 1100 g/mol. The number of anilines is 1. The van der Waals surface area contributed by atoms with Gasteiger partial charge >= 0.3 is 23.9 Å². The minimum absolute atomic E-state index is 0.0788. The van der Waals surface area contributed by atoms with Crippen molar-refractivity contribution in [2.24, 2.45) is 7.05 Å². The van der Waals surface area contributed by atoms with Crippen molar-refractivity contribution >= 4 is 52.5 Å². The van der Waals surface area contributed by atoms with Gasteiger partial charge in [-0.25, -0.2) is 19.2 Å². The Morgan fingerprint density at radius 2 is 1.12 bits per heavy atom. The van der Waals surface area contributed by atoms with Crippen LogP contribution in [0.4, 0.5) is 5.69 Å². The first-order valence-corrected chi connectivity index (χ1v) is 26.4. The molecule has 6 aromatic carbocycles. The van der Waals surface area contributed by atoms with Crippen LogP contribution in [0, 0.1) is 0 Å². The third-order valence-corrected chi connectivity index (χ3v) is 13.2. The number of phenols is 1. The molecule has 81 heavy (non-hydrogen) atoms. The number of carbonyl (C=O) groups is 5. The highest BCUT2D eigenvalue weighted by Crippen LogP contribution is 2.40. The highest BCUT2D eigenvalue weighted by atomic mass is 16.7. The molecule has 1 aromatic heterocycles. The fourth-order valence-corrected chi connectivity index (χ4v) is 8.97. The molecule has 1 amide bonds. The molecule has 1 fully saturated rings. The van der Waals surface area contributed by atoms with Gasteiger partial charge in [0.1, 0.15) is 12.7 Å². The molecule has 1 saturated heterocycles. The van der Waals surface area contributed by atoms with Gasteiger partial charge in [-0.2, -0.15) is 0 Å². The molecule has 1 aliphatic heterocycles. The molecule has 2 N–H and O–H groups in total. The SMILES string of the molecule is CCCCCCCCOc1c(O[C@H]2O[C@H](COC(=O)c3ccccc3)[C@@H](OC(=O)c3ccccc3)[C@H](OC(=O)c3ccccc3)[C@@H]2OC(=O)c2ccccc2)c2ccc(NC(=O)C=Cc3cc(OC)c(O)c(OC)c3)cc2n(C)c1=O. The largest absolute Gasteiger partial charge is 0.502 e. The number of hydrogen-bond donors (Lipinski definition) is 2. The molecule has 0 bridgehead atoms. The van der Waals surface area contributed by atoms with E-state index >= 15 is 0 Å². The Bertz CT molecular complexity index is 3360. The summed E-state index contributed by atoms with van der Waals surface area (Å²) in [6, 6.07) is 39.7. The van der Waals surface area contributed by atoms with Crippen LogP contribution in [0.15, 0.2) is 163 Å². The average molecular weight is 1100 g/mol. The van der Waals surface area contributed by atoms with Crippen molar-refractivity contribution in [3.8, 4) is 28.7 Å². The molecule has 18 heteroatoms. The van der Waals surface area contributed by atoms with E-state index in [4.69, 9.17) is 42.6 Å². The van der Waals surface area contributed by atoms with Crippen LogP contribution in [0.5, 0.6) is 28.7 Å². The Kier molecular flexibility index (Phi) is 19.9. The summed E-state index contributed by atoms with van der Waals surface area (Å²) in [5.74, 6) is -4.44. The van der Waals surface area contributed by atoms with Crippen LogP contribution in [0.25, 0.3) is 17.0 Å². The summed E-state index contributed by atoms with van der Waals surface area (Å²) in [5.41, 5.74) is 0.771. The molecular weight excluding hydrogens is 1040 g/mol. The quantitative estimate of drug-likeness (QED) is 0.0249. The third kappa shape index (κ3) is 14.6. The second kappa shape index (κ2) is 27.9. The van der Waals surface area contributed by atoms with Gasteiger partial charge in [0.2, 0.25) is 29.8 Å². The number of phenolic OH excluding ortho intramolecular Hbond substituents is 1. The van der Waals surface area contributed by atoms with Crippen LogP contribution in [-0.4, -0.2) is 97.6 Å². The minimum Gasteiger partial charge on any atom is -0.502 e. The number of rotatable bonds is 24. The molecule has 2 heterocycles. The molecular formula is C63H62N2O16. The summed E-state index contributed by atoms with van der Waals surface area (Å²) in [7, 11) is 4.29. The summed E-state index contributed by atoms with van der Waals surface area (Å²) in [4.78, 5) is 84.9. The number of benzene rings is 6. The molecule has 420 valence electrons. The molecule has 0 unspecified atom stereocenters. The van der Waals surface area contributed by atoms with Gasteiger partial charge in [-0.15, -0.1) is 0 Å². The Labute approximate surface area is 467 Å². The number of esters is 4. The lowest BCUT2D eigenvalue weighted by atomic mass is 9.97. The zero-order valence-electron chi connectivity index (χ0n) is 45.2. The van der Waals surface area contributed by atoms with Crippen LogP contribution in [0.2, 0.25) is 0 Å². The number of pyridine rings is 1. The predicted octanol–water partition coefficient (Wildman–Crippen LogP) is 10.3. The number of fused-ring (bicyclic) bond motifs is 1. The second-order valence-electron chi connectivity index (χ2n) is 18.8. The van der Waals surface area contributed by atoms with E-state index in [-0.39, 0.29) is 74.2 Å². The fraction of sp³-hybridized carbons (Fsp3) is 0.270. The van der Waals surface area contributed by atoms with Crippen molar-refractivity contribution in [2.75, 3.05) is 32.8 Å². The number of aromatic hydroxyl groups is 1. The smallest absolute Gasteiger partial charge is 0.338 e. The van der Waals surface area contributed by atoms with Crippen LogP contribution >= 0.6 is 0 Å². The van der Waals surface area contributed by atoms with Crippen LogP contribution in [-0.2, 0) is 35.5 Å². The number of aromatic nitrogens is 1. The normalized spacial score (nSPS) is 16.7. The molecule has 18 nitrogen and oxygen atoms in total. The molecule has 0 saturated carbocycles. The Balaban J connectivity index is 1.24. The first kappa shape index (κ1) is 57.7. The first-order valence-electron chi connectivity index (χ1n) is 26.4. The maximum atomic E-state index is 14.8. The average Bonchev–Trinajstić information content (AvgIpc) is 3.58. The lowest BCUT2D eigenvalue weighted by Crippen LogP contribution is -2.64. The van der Waals surface area contributed by atoms with E-state index in [9.17, 15) is 33.9 Å². The van der Waals surface area contributed by atoms with E-state index in [1.165, 1.54) is 86.5 Å². The molecule has 0 radical (unpaired) electrons. The Hall–Kier alpha value is -9.42. The Morgan fingerprint density at radius 3 is 1.67 bits per heavy atom. The lowest BCUT2D eigenvalue weighted by Gasteiger charge is -2.44. The maximum absolute atomic E-state index is 14.8. The second-order valence-corrected chi connectivity index (χ2v) is 18.8. The summed E-state index contributed by atoms with van der Waals surface area (Å²) >= 11 is 0. The van der Waals surface area contributed by atoms with E-state index in [0.717, 1.165) is 32.1 Å². The number of hydrogen-bond acceptors (Lipinski definition) is 16. The molecule has 0 aliphatic carbocycles. The van der Waals surface area contributed by atoms with Gasteiger partial charge in [-0.3, -0.25) is 9.59 Å². The molecule has 8 rings (SSSR count). The number of carbonyl (C=O) groups excluding carboxylic acids is 5. The van der Waals surface area contributed by atoms with Gasteiger partial charge in [0.25, 0.3) is 5.56 Å². The van der Waals surface area contributed by atoms with Crippen LogP contribution in [0.3, 0.4) is 0 Å². The van der Waals surface area contributed by atoms with Crippen molar-refractivity contribution in [3.05, 3.63) is 196 Å². The topological polar surface area (TPSA) is 223 Å². The first-order chi connectivity index (χ1) is 39.4. The van der Waals surface area contributed by atoms with E-state index in [2.05, 4.69) is 12.2 Å². The van der Waals surface area contributed by atoms with Crippen molar-refractivity contribution in [1.29, 1.82) is 0 Å². The van der Waals surface area contributed by atoms with Crippen LogP contribution in [0.1, 0.15) is 92.4 Å². The summed E-state index contributed by atoms with van der Waals surface area (Å²) in [6.07, 6.45) is -0.417. The van der Waals surface area contributed by atoms with Gasteiger partial charge < -0.3 is 57.6 Å². The standard InChI is InChI=1S/C63H62N2O16/c1-5-6-7-8-9-22-35-75-56-53(46-33-32-45(38-47(46)65(2)58(56)68)64-51(66)34-31-40-36-48(73-3)52(67)49(37-40)74-4)81-63-57(80-62(72)44-29-20-13-21-30-44)55(79-61(71)43-27-18-12-19-28-43)54(78-60(70)42-25-16-11-17-26-42)50(77-63)39-76-59(69)41-23-14-10-15-24-41/h10-21,23-34,36-38,50,54-55,57,63,67H,5-9,22,35,39H2,1-4H3,(H,64,66)/t50-,54-,55+,57+,63-/m1/s1. The molecule has 5 atom stereocenters. The number of amides is 1. The maximum Gasteiger partial charge on any atom is 0.338 e. The van der Waals surface area contributed by atoms with E-state index in [0.29, 0.717) is 12.0 Å². The Morgan fingerprint density at radius 1 is 0.617 bits per heavy atom. The predicted molar refractivity (Wildman–Crippen MR) is 300 cm³/mol. The number of methoxy groups -OCH3 is 2. The summed E-state index contributed by atoms with van der Waals surface area (Å²) in [5, 5.41) is 13.5. The number of unbranched alkanes of at least 4 members (excludes halogenated alkanes) is 5. The summed E-state index contributed by atoms with van der Waals surface area (Å²) < 4.78 is 56.5. The minimum atomic E-state index is -1.85. The van der Waals surface area contributed by atoms with Crippen molar-refractivity contribution in [2.45, 2.75) is 76.2 Å². The molecule has 1 aliphatic rings. The number of ether oxygens (including phenoxy) is 9. The summed E-state index contributed by atoms with van der Waals surface area (Å²) in [6.45, 7) is 1.58. The molecule has 0 spiro atoms. The van der Waals surface area contributed by atoms with E-state index in [1.807, 2.05) is 0 Å². The van der Waals surface area contributed by atoms with Gasteiger partial charge in [0, 0.05) is 24.2 Å². The highest BCUT2D eigenvalue weighted by Gasteiger charge is 2.55. The van der Waals surface area contributed by atoms with Crippen LogP contribution < -0.4 is 29.8 Å². The highest BCUT2D eigenvalue weighted by molar-refractivity contribution is 6.03. The van der Waals surface area contributed by atoms with E-state index in [1.54, 1.807) is 103 Å². The zero-order valence-corrected chi connectivity index (χ0v) is 45.2. The number of nitrogens with zero attached hydrogens (tertiary/aromatic N) is 1. The number of nitrogens with one attached hydrogen (secondary N) is 1. The third-order valence-electron chi connectivity index (χ3n) is 13.2. The zero-order chi connectivity index (χ0) is 57.3. The van der Waals surface area contributed by atoms with Crippen molar-refractivity contribution in [3.63, 3.8) is 0 Å². The lowest BCUT2D eigenvalue weighted by molar-refractivity contribution is -0.275. The van der Waals surface area contributed by atoms with Gasteiger partial charge in [-0.05, 0) is 96.9 Å². The fourth-order valence-electron chi connectivity index (χ4n) is 8.97. The molecule has 7 aromatic rings. The van der Waals surface area contributed by atoms with E-state index < -0.39 is 72.7 Å². The van der Waals surface area contributed by atoms with Crippen molar-refractivity contribution in [1.82, 2.24) is 4.57 Å².